The Hall–Kier alpha value is -2.14. The maximum absolute atomic E-state index is 13.2. The second-order valence-corrected chi connectivity index (χ2v) is 7.04. The number of imidazole rings is 1. The predicted molar refractivity (Wildman–Crippen MR) is 95.1 cm³/mol. The van der Waals surface area contributed by atoms with E-state index < -0.39 is 0 Å². The fourth-order valence-corrected chi connectivity index (χ4v) is 4.19. The van der Waals surface area contributed by atoms with Crippen molar-refractivity contribution >= 4 is 5.91 Å². The monoisotopic (exact) mass is 339 g/mol. The summed E-state index contributed by atoms with van der Waals surface area (Å²) in [5.74, 6) is 0.925. The van der Waals surface area contributed by atoms with E-state index >= 15 is 0 Å². The minimum atomic E-state index is -0.228. The molecule has 1 aliphatic carbocycles. The normalized spacial score (nSPS) is 23.0. The number of carbonyl (C=O) groups is 1. The summed E-state index contributed by atoms with van der Waals surface area (Å²) in [5, 5.41) is 0. The molecule has 1 aromatic carbocycles. The number of hydrogen-bond acceptors (Lipinski definition) is 3. The van der Waals surface area contributed by atoms with Crippen LogP contribution in [0.3, 0.4) is 0 Å². The van der Waals surface area contributed by atoms with Gasteiger partial charge in [0.05, 0.1) is 5.92 Å². The summed E-state index contributed by atoms with van der Waals surface area (Å²) in [7, 11) is 1.94. The molecule has 1 aromatic heterocycles. The van der Waals surface area contributed by atoms with E-state index in [1.54, 1.807) is 6.20 Å². The largest absolute Gasteiger partial charge is 0.369 e. The molecule has 25 heavy (non-hydrogen) atoms. The Morgan fingerprint density at radius 3 is 2.72 bits per heavy atom. The Bertz CT molecular complexity index is 745. The Balaban J connectivity index is 1.50. The standard InChI is InChI=1S/C20H25N3O2/c1-3-23-10-9-21-19(23)18-17(8-11-25-18)20(24)22(2)16-12-14-6-4-5-7-15(14)13-16/h4-7,9-10,16-18H,3,8,11-13H2,1-2H3/t17-,18-/m1/s1. The van der Waals surface area contributed by atoms with Crippen molar-refractivity contribution < 1.29 is 9.53 Å². The Morgan fingerprint density at radius 2 is 2.04 bits per heavy atom. The molecule has 2 aliphatic rings. The van der Waals surface area contributed by atoms with E-state index in [4.69, 9.17) is 4.74 Å². The molecule has 1 amide bonds. The Kier molecular flexibility index (Phi) is 4.34. The lowest BCUT2D eigenvalue weighted by Crippen LogP contribution is -2.42. The van der Waals surface area contributed by atoms with Crippen LogP contribution in [0.5, 0.6) is 0 Å². The highest BCUT2D eigenvalue weighted by atomic mass is 16.5. The van der Waals surface area contributed by atoms with Crippen LogP contribution in [-0.4, -0.2) is 40.1 Å². The maximum Gasteiger partial charge on any atom is 0.228 e. The zero-order chi connectivity index (χ0) is 17.4. The number of aromatic nitrogens is 2. The SMILES string of the molecule is CCn1ccnc1[C@@H]1OCC[C@H]1C(=O)N(C)C1Cc2ccccc2C1. The highest BCUT2D eigenvalue weighted by Crippen LogP contribution is 2.36. The van der Waals surface area contributed by atoms with Gasteiger partial charge in [-0.05, 0) is 37.3 Å². The number of aryl methyl sites for hydroxylation is 1. The third-order valence-electron chi connectivity index (χ3n) is 5.68. The third-order valence-corrected chi connectivity index (χ3v) is 5.68. The second-order valence-electron chi connectivity index (χ2n) is 7.04. The van der Waals surface area contributed by atoms with E-state index in [0.29, 0.717) is 6.61 Å². The van der Waals surface area contributed by atoms with Crippen molar-refractivity contribution in [3.63, 3.8) is 0 Å². The van der Waals surface area contributed by atoms with Crippen LogP contribution >= 0.6 is 0 Å². The predicted octanol–water partition coefficient (Wildman–Crippen LogP) is 2.61. The lowest BCUT2D eigenvalue weighted by atomic mass is 9.98. The zero-order valence-corrected chi connectivity index (χ0v) is 14.9. The lowest BCUT2D eigenvalue weighted by Gasteiger charge is -2.29. The number of amides is 1. The molecule has 0 radical (unpaired) electrons. The van der Waals surface area contributed by atoms with Crippen LogP contribution in [0.25, 0.3) is 0 Å². The van der Waals surface area contributed by atoms with Crippen molar-refractivity contribution in [2.24, 2.45) is 5.92 Å². The van der Waals surface area contributed by atoms with E-state index in [1.807, 2.05) is 18.1 Å². The van der Waals surface area contributed by atoms with Crippen LogP contribution in [0.2, 0.25) is 0 Å². The molecule has 1 saturated heterocycles. The van der Waals surface area contributed by atoms with Gasteiger partial charge >= 0.3 is 0 Å². The summed E-state index contributed by atoms with van der Waals surface area (Å²) in [6.45, 7) is 3.54. The first-order valence-electron chi connectivity index (χ1n) is 9.15. The highest BCUT2D eigenvalue weighted by molar-refractivity contribution is 5.80. The molecule has 1 aliphatic heterocycles. The van der Waals surface area contributed by atoms with E-state index in [1.165, 1.54) is 11.1 Å². The number of nitrogens with zero attached hydrogens (tertiary/aromatic N) is 3. The number of rotatable bonds is 4. The molecule has 0 bridgehead atoms. The van der Waals surface area contributed by atoms with Crippen molar-refractivity contribution in [2.75, 3.05) is 13.7 Å². The van der Waals surface area contributed by atoms with E-state index in [9.17, 15) is 4.79 Å². The van der Waals surface area contributed by atoms with Gasteiger partial charge in [0.15, 0.2) is 0 Å². The van der Waals surface area contributed by atoms with Crippen LogP contribution in [0.1, 0.15) is 36.4 Å². The molecule has 5 heteroatoms. The van der Waals surface area contributed by atoms with E-state index in [2.05, 4.69) is 40.7 Å². The minimum Gasteiger partial charge on any atom is -0.369 e. The topological polar surface area (TPSA) is 47.4 Å². The van der Waals surface area contributed by atoms with Crippen LogP contribution in [0.15, 0.2) is 36.7 Å². The van der Waals surface area contributed by atoms with Crippen molar-refractivity contribution in [3.05, 3.63) is 53.6 Å². The molecule has 2 atom stereocenters. The van der Waals surface area contributed by atoms with Crippen molar-refractivity contribution in [1.29, 1.82) is 0 Å². The van der Waals surface area contributed by atoms with Crippen molar-refractivity contribution in [3.8, 4) is 0 Å². The summed E-state index contributed by atoms with van der Waals surface area (Å²) in [6.07, 6.45) is 6.17. The number of fused-ring (bicyclic) bond motifs is 1. The van der Waals surface area contributed by atoms with Crippen molar-refractivity contribution in [2.45, 2.75) is 44.9 Å². The maximum atomic E-state index is 13.2. The fourth-order valence-electron chi connectivity index (χ4n) is 4.19. The van der Waals surface area contributed by atoms with Gasteiger partial charge in [-0.1, -0.05) is 24.3 Å². The third kappa shape index (κ3) is 2.86. The van der Waals surface area contributed by atoms with Gasteiger partial charge in [0.25, 0.3) is 0 Å². The van der Waals surface area contributed by atoms with Gasteiger partial charge in [0, 0.05) is 38.6 Å². The summed E-state index contributed by atoms with van der Waals surface area (Å²) >= 11 is 0. The summed E-state index contributed by atoms with van der Waals surface area (Å²) in [4.78, 5) is 19.6. The highest BCUT2D eigenvalue weighted by Gasteiger charge is 2.41. The van der Waals surface area contributed by atoms with Gasteiger partial charge in [-0.3, -0.25) is 4.79 Å². The number of benzene rings is 1. The molecule has 0 spiro atoms. The van der Waals surface area contributed by atoms with Crippen LogP contribution < -0.4 is 0 Å². The number of hydrogen-bond donors (Lipinski definition) is 0. The average molecular weight is 339 g/mol. The van der Waals surface area contributed by atoms with Gasteiger partial charge < -0.3 is 14.2 Å². The molecular formula is C20H25N3O2. The molecular weight excluding hydrogens is 314 g/mol. The van der Waals surface area contributed by atoms with E-state index in [0.717, 1.165) is 31.6 Å². The fraction of sp³-hybridized carbons (Fsp3) is 0.500. The van der Waals surface area contributed by atoms with E-state index in [-0.39, 0.29) is 24.0 Å². The van der Waals surface area contributed by atoms with Crippen LogP contribution in [0, 0.1) is 5.92 Å². The number of ether oxygens (including phenoxy) is 1. The first-order valence-corrected chi connectivity index (χ1v) is 9.15. The lowest BCUT2D eigenvalue weighted by molar-refractivity contribution is -0.138. The Labute approximate surface area is 148 Å². The van der Waals surface area contributed by atoms with Crippen LogP contribution in [-0.2, 0) is 28.9 Å². The van der Waals surface area contributed by atoms with Gasteiger partial charge in [-0.15, -0.1) is 0 Å². The zero-order valence-electron chi connectivity index (χ0n) is 14.9. The molecule has 0 unspecified atom stereocenters. The molecule has 1 fully saturated rings. The minimum absolute atomic E-state index is 0.138. The molecule has 2 heterocycles. The van der Waals surface area contributed by atoms with Gasteiger partial charge in [-0.25, -0.2) is 4.98 Å². The smallest absolute Gasteiger partial charge is 0.228 e. The first-order chi connectivity index (χ1) is 12.2. The molecule has 2 aromatic rings. The van der Waals surface area contributed by atoms with Gasteiger partial charge in [0.1, 0.15) is 11.9 Å². The Morgan fingerprint density at radius 1 is 1.32 bits per heavy atom. The molecule has 5 nitrogen and oxygen atoms in total. The van der Waals surface area contributed by atoms with Gasteiger partial charge in [-0.2, -0.15) is 0 Å². The first kappa shape index (κ1) is 16.3. The molecule has 132 valence electrons. The summed E-state index contributed by atoms with van der Waals surface area (Å²) in [5.41, 5.74) is 2.74. The quantitative estimate of drug-likeness (QED) is 0.860. The van der Waals surface area contributed by atoms with Crippen molar-refractivity contribution in [1.82, 2.24) is 14.5 Å². The summed E-state index contributed by atoms with van der Waals surface area (Å²) < 4.78 is 7.99. The number of likely N-dealkylation sites (N-methyl/N-ethyl adjacent to an activating group) is 1. The van der Waals surface area contributed by atoms with Crippen LogP contribution in [0.4, 0.5) is 0 Å². The van der Waals surface area contributed by atoms with Gasteiger partial charge in [0.2, 0.25) is 5.91 Å². The second kappa shape index (κ2) is 6.64. The summed E-state index contributed by atoms with van der Waals surface area (Å²) in [6, 6.07) is 8.75. The number of carbonyl (C=O) groups excluding carboxylic acids is 1. The average Bonchev–Trinajstić information content (AvgIpc) is 3.37. The molecule has 0 N–H and O–H groups in total. The molecule has 4 rings (SSSR count). The molecule has 0 saturated carbocycles.